The highest BCUT2D eigenvalue weighted by molar-refractivity contribution is 6.17. The Hall–Kier alpha value is -0.530. The van der Waals surface area contributed by atoms with Gasteiger partial charge in [-0.1, -0.05) is 32.0 Å². The molecule has 1 N–H and O–H groups in total. The highest BCUT2D eigenvalue weighted by Crippen LogP contribution is 2.18. The molecule has 0 heterocycles. The fourth-order valence-electron chi connectivity index (χ4n) is 1.66. The Morgan fingerprint density at radius 1 is 1.31 bits per heavy atom. The number of benzene rings is 1. The average molecular weight is 240 g/mol. The first kappa shape index (κ1) is 13.5. The third-order valence-corrected chi connectivity index (χ3v) is 3.11. The number of nitrogens with one attached hydrogen (secondary N) is 1. The van der Waals surface area contributed by atoms with Crippen LogP contribution in [0.4, 0.5) is 0 Å². The predicted molar refractivity (Wildman–Crippen MR) is 72.3 cm³/mol. The van der Waals surface area contributed by atoms with Gasteiger partial charge in [0.15, 0.2) is 0 Å². The third-order valence-electron chi connectivity index (χ3n) is 2.84. The second kappa shape index (κ2) is 6.93. The van der Waals surface area contributed by atoms with Gasteiger partial charge >= 0.3 is 0 Å². The molecule has 1 aromatic rings. The second-order valence-electron chi connectivity index (χ2n) is 4.56. The van der Waals surface area contributed by atoms with E-state index in [-0.39, 0.29) is 0 Å². The molecule has 0 aromatic heterocycles. The Kier molecular flexibility index (Phi) is 5.86. The molecular weight excluding hydrogens is 218 g/mol. The maximum absolute atomic E-state index is 5.64. The molecule has 0 saturated carbocycles. The molecule has 16 heavy (non-hydrogen) atoms. The van der Waals surface area contributed by atoms with Crippen molar-refractivity contribution in [3.8, 4) is 0 Å². The van der Waals surface area contributed by atoms with Gasteiger partial charge in [-0.05, 0) is 42.5 Å². The minimum Gasteiger partial charge on any atom is -0.313 e. The van der Waals surface area contributed by atoms with Crippen molar-refractivity contribution in [2.75, 3.05) is 12.4 Å². The molecule has 0 spiro atoms. The number of halogens is 1. The van der Waals surface area contributed by atoms with Crippen LogP contribution in [0, 0.1) is 6.92 Å². The lowest BCUT2D eigenvalue weighted by Crippen LogP contribution is -2.16. The smallest absolute Gasteiger partial charge is 0.0235 e. The lowest BCUT2D eigenvalue weighted by atomic mass is 9.98. The zero-order chi connectivity index (χ0) is 12.0. The van der Waals surface area contributed by atoms with Crippen molar-refractivity contribution in [3.05, 3.63) is 34.9 Å². The van der Waals surface area contributed by atoms with E-state index in [9.17, 15) is 0 Å². The van der Waals surface area contributed by atoms with Crippen molar-refractivity contribution in [2.45, 2.75) is 39.7 Å². The second-order valence-corrected chi connectivity index (χ2v) is 4.94. The molecular formula is C14H22ClN. The average Bonchev–Trinajstić information content (AvgIpc) is 2.26. The van der Waals surface area contributed by atoms with Gasteiger partial charge in [-0.2, -0.15) is 0 Å². The van der Waals surface area contributed by atoms with Crippen LogP contribution in [0.2, 0.25) is 0 Å². The van der Waals surface area contributed by atoms with E-state index in [4.69, 9.17) is 11.6 Å². The Bertz CT molecular complexity index is 321. The summed E-state index contributed by atoms with van der Waals surface area (Å²) in [5.74, 6) is 1.33. The molecule has 0 fully saturated rings. The summed E-state index contributed by atoms with van der Waals surface area (Å²) in [6, 6.07) is 6.75. The van der Waals surface area contributed by atoms with Gasteiger partial charge in [0, 0.05) is 12.4 Å². The molecule has 0 bridgehead atoms. The van der Waals surface area contributed by atoms with E-state index >= 15 is 0 Å². The van der Waals surface area contributed by atoms with Crippen LogP contribution in [0.1, 0.15) is 42.9 Å². The largest absolute Gasteiger partial charge is 0.313 e. The zero-order valence-corrected chi connectivity index (χ0v) is 11.3. The Labute approximate surface area is 104 Å². The van der Waals surface area contributed by atoms with Gasteiger partial charge in [0.25, 0.3) is 0 Å². The van der Waals surface area contributed by atoms with Gasteiger partial charge in [0.05, 0.1) is 0 Å². The molecule has 1 aromatic carbocycles. The van der Waals surface area contributed by atoms with Crippen LogP contribution >= 0.6 is 11.6 Å². The summed E-state index contributed by atoms with van der Waals surface area (Å²) < 4.78 is 0. The molecule has 0 amide bonds. The van der Waals surface area contributed by atoms with E-state index in [2.05, 4.69) is 44.3 Å². The van der Waals surface area contributed by atoms with Crippen LogP contribution in [-0.2, 0) is 6.54 Å². The molecule has 90 valence electrons. The summed E-state index contributed by atoms with van der Waals surface area (Å²) in [6.07, 6.45) is 1.03. The van der Waals surface area contributed by atoms with Crippen molar-refractivity contribution in [2.24, 2.45) is 0 Å². The van der Waals surface area contributed by atoms with E-state index in [1.807, 2.05) is 0 Å². The van der Waals surface area contributed by atoms with Gasteiger partial charge in [-0.3, -0.25) is 0 Å². The predicted octanol–water partition coefficient (Wildman–Crippen LogP) is 3.84. The first-order valence-corrected chi connectivity index (χ1v) is 6.54. The van der Waals surface area contributed by atoms with Crippen LogP contribution in [0.5, 0.6) is 0 Å². The third kappa shape index (κ3) is 4.15. The van der Waals surface area contributed by atoms with Gasteiger partial charge in [0.2, 0.25) is 0 Å². The Morgan fingerprint density at radius 3 is 2.69 bits per heavy atom. The van der Waals surface area contributed by atoms with Gasteiger partial charge < -0.3 is 5.32 Å². The standard InChI is InChI=1S/C14H22ClN/c1-11(2)13-6-5-12(3)14(9-13)10-16-8-4-7-15/h5-6,9,11,16H,4,7-8,10H2,1-3H3. The van der Waals surface area contributed by atoms with Crippen molar-refractivity contribution in [1.82, 2.24) is 5.32 Å². The summed E-state index contributed by atoms with van der Waals surface area (Å²) in [6.45, 7) is 8.57. The normalized spacial score (nSPS) is 11.1. The molecule has 0 aliphatic carbocycles. The number of hydrogen-bond acceptors (Lipinski definition) is 1. The molecule has 1 nitrogen and oxygen atoms in total. The lowest BCUT2D eigenvalue weighted by Gasteiger charge is -2.12. The van der Waals surface area contributed by atoms with Gasteiger partial charge in [0.1, 0.15) is 0 Å². The van der Waals surface area contributed by atoms with E-state index < -0.39 is 0 Å². The topological polar surface area (TPSA) is 12.0 Å². The molecule has 0 unspecified atom stereocenters. The summed E-state index contributed by atoms with van der Waals surface area (Å²) in [5.41, 5.74) is 4.18. The summed E-state index contributed by atoms with van der Waals surface area (Å²) in [7, 11) is 0. The van der Waals surface area contributed by atoms with Crippen LogP contribution in [0.25, 0.3) is 0 Å². The van der Waals surface area contributed by atoms with E-state index in [0.29, 0.717) is 5.92 Å². The number of hydrogen-bond donors (Lipinski definition) is 1. The summed E-state index contributed by atoms with van der Waals surface area (Å²) in [5, 5.41) is 3.43. The van der Waals surface area contributed by atoms with Gasteiger partial charge in [-0.15, -0.1) is 11.6 Å². The zero-order valence-electron chi connectivity index (χ0n) is 10.5. The van der Waals surface area contributed by atoms with E-state index in [1.165, 1.54) is 16.7 Å². The molecule has 2 heteroatoms. The quantitative estimate of drug-likeness (QED) is 0.588. The monoisotopic (exact) mass is 239 g/mol. The van der Waals surface area contributed by atoms with Crippen molar-refractivity contribution >= 4 is 11.6 Å². The first-order valence-electron chi connectivity index (χ1n) is 6.01. The number of rotatable bonds is 6. The van der Waals surface area contributed by atoms with Crippen LogP contribution in [-0.4, -0.2) is 12.4 Å². The molecule has 0 saturated heterocycles. The number of alkyl halides is 1. The summed E-state index contributed by atoms with van der Waals surface area (Å²) >= 11 is 5.64. The Morgan fingerprint density at radius 2 is 2.06 bits per heavy atom. The Balaban J connectivity index is 2.60. The highest BCUT2D eigenvalue weighted by atomic mass is 35.5. The fraction of sp³-hybridized carbons (Fsp3) is 0.571. The molecule has 0 aliphatic rings. The van der Waals surface area contributed by atoms with E-state index in [1.54, 1.807) is 0 Å². The van der Waals surface area contributed by atoms with Crippen molar-refractivity contribution < 1.29 is 0 Å². The number of aryl methyl sites for hydroxylation is 1. The van der Waals surface area contributed by atoms with Crippen molar-refractivity contribution in [1.29, 1.82) is 0 Å². The van der Waals surface area contributed by atoms with Crippen LogP contribution in [0.3, 0.4) is 0 Å². The SMILES string of the molecule is Cc1ccc(C(C)C)cc1CNCCCCl. The van der Waals surface area contributed by atoms with Crippen LogP contribution < -0.4 is 5.32 Å². The fourth-order valence-corrected chi connectivity index (χ4v) is 1.79. The van der Waals surface area contributed by atoms with Crippen LogP contribution in [0.15, 0.2) is 18.2 Å². The van der Waals surface area contributed by atoms with Crippen molar-refractivity contribution in [3.63, 3.8) is 0 Å². The lowest BCUT2D eigenvalue weighted by molar-refractivity contribution is 0.674. The highest BCUT2D eigenvalue weighted by Gasteiger charge is 2.03. The molecule has 1 rings (SSSR count). The first-order chi connectivity index (χ1) is 7.65. The molecule has 0 radical (unpaired) electrons. The summed E-state index contributed by atoms with van der Waals surface area (Å²) in [4.78, 5) is 0. The maximum Gasteiger partial charge on any atom is 0.0235 e. The minimum atomic E-state index is 0.599. The minimum absolute atomic E-state index is 0.599. The maximum atomic E-state index is 5.64. The molecule has 0 aliphatic heterocycles. The van der Waals surface area contributed by atoms with E-state index in [0.717, 1.165) is 25.4 Å². The molecule has 0 atom stereocenters. The van der Waals surface area contributed by atoms with Gasteiger partial charge in [-0.25, -0.2) is 0 Å².